The molecule has 0 aromatic heterocycles. The van der Waals surface area contributed by atoms with Crippen LogP contribution in [0.4, 0.5) is 4.39 Å². The van der Waals surface area contributed by atoms with Crippen molar-refractivity contribution in [2.45, 2.75) is 64.8 Å². The Balaban J connectivity index is 2.04. The lowest BCUT2D eigenvalue weighted by molar-refractivity contribution is -0.167. The largest absolute Gasteiger partial charge is 0.484 e. The van der Waals surface area contributed by atoms with Crippen molar-refractivity contribution in [2.24, 2.45) is 11.7 Å². The van der Waals surface area contributed by atoms with Crippen LogP contribution < -0.4 is 15.8 Å². The maximum atomic E-state index is 13.6. The molecule has 7 nitrogen and oxygen atoms in total. The Kier molecular flexibility index (Phi) is 7.87. The van der Waals surface area contributed by atoms with Crippen LogP contribution in [0.25, 0.3) is 0 Å². The number of amides is 1. The number of benzene rings is 2. The number of fused-ring (bicyclic) bond motifs is 1. The van der Waals surface area contributed by atoms with Gasteiger partial charge in [-0.25, -0.2) is 4.39 Å². The zero-order chi connectivity index (χ0) is 26.1. The number of esters is 1. The molecule has 0 fully saturated rings. The van der Waals surface area contributed by atoms with E-state index in [1.165, 1.54) is 19.1 Å². The van der Waals surface area contributed by atoms with Crippen LogP contribution in [-0.4, -0.2) is 35.4 Å². The molecule has 0 saturated carbocycles. The van der Waals surface area contributed by atoms with E-state index in [1.807, 2.05) is 13.8 Å². The van der Waals surface area contributed by atoms with Gasteiger partial charge in [0.15, 0.2) is 11.9 Å². The fourth-order valence-electron chi connectivity index (χ4n) is 4.05. The molecule has 35 heavy (non-hydrogen) atoms. The minimum absolute atomic E-state index is 0.117. The standard InChI is InChI=1S/C26H30ClFN2O5/c1-13(2)10-20(29)25(33)34-23-22(30-24(32)16-6-8-19(28)18(27)12-16)17-11-15(14(3)31)7-9-21(17)35-26(23,4)5/h6-9,11-13,20,22-23H,10,29H2,1-5H3,(H,30,32)/t20-,22+,23+/m1/s1. The molecule has 3 N–H and O–H groups in total. The van der Waals surface area contributed by atoms with E-state index in [2.05, 4.69) is 5.32 Å². The van der Waals surface area contributed by atoms with Crippen LogP contribution in [0.15, 0.2) is 36.4 Å². The van der Waals surface area contributed by atoms with Gasteiger partial charge in [0.25, 0.3) is 5.91 Å². The summed E-state index contributed by atoms with van der Waals surface area (Å²) in [6.45, 7) is 8.77. The van der Waals surface area contributed by atoms with Gasteiger partial charge in [0.2, 0.25) is 0 Å². The molecule has 0 radical (unpaired) electrons. The molecule has 2 aromatic carbocycles. The van der Waals surface area contributed by atoms with Gasteiger partial charge in [0.1, 0.15) is 23.2 Å². The van der Waals surface area contributed by atoms with Crippen LogP contribution in [0.5, 0.6) is 5.75 Å². The zero-order valence-electron chi connectivity index (χ0n) is 20.4. The van der Waals surface area contributed by atoms with E-state index in [1.54, 1.807) is 32.0 Å². The van der Waals surface area contributed by atoms with E-state index in [9.17, 15) is 18.8 Å². The van der Waals surface area contributed by atoms with Crippen molar-refractivity contribution in [1.82, 2.24) is 5.32 Å². The monoisotopic (exact) mass is 504 g/mol. The first-order valence-corrected chi connectivity index (χ1v) is 11.7. The van der Waals surface area contributed by atoms with Gasteiger partial charge in [-0.3, -0.25) is 14.4 Å². The third kappa shape index (κ3) is 6.00. The highest BCUT2D eigenvalue weighted by molar-refractivity contribution is 6.31. The van der Waals surface area contributed by atoms with Crippen LogP contribution in [0, 0.1) is 11.7 Å². The average Bonchev–Trinajstić information content (AvgIpc) is 2.76. The number of hydrogen-bond donors (Lipinski definition) is 2. The van der Waals surface area contributed by atoms with Crippen molar-refractivity contribution in [3.63, 3.8) is 0 Å². The topological polar surface area (TPSA) is 108 Å². The summed E-state index contributed by atoms with van der Waals surface area (Å²) in [6, 6.07) is 6.73. The maximum Gasteiger partial charge on any atom is 0.323 e. The van der Waals surface area contributed by atoms with Crippen molar-refractivity contribution in [1.29, 1.82) is 0 Å². The summed E-state index contributed by atoms with van der Waals surface area (Å²) in [5, 5.41) is 2.66. The lowest BCUT2D eigenvalue weighted by Crippen LogP contribution is -2.56. The first kappa shape index (κ1) is 26.6. The molecule has 1 aliphatic heterocycles. The van der Waals surface area contributed by atoms with E-state index in [-0.39, 0.29) is 22.3 Å². The number of carbonyl (C=O) groups excluding carboxylic acids is 3. The van der Waals surface area contributed by atoms with Crippen LogP contribution in [0.3, 0.4) is 0 Å². The molecular formula is C26H30ClFN2O5. The number of hydrogen-bond acceptors (Lipinski definition) is 6. The highest BCUT2D eigenvalue weighted by Gasteiger charge is 2.48. The normalized spacial score (nSPS) is 19.3. The number of ketones is 1. The van der Waals surface area contributed by atoms with Crippen molar-refractivity contribution in [3.8, 4) is 5.75 Å². The predicted molar refractivity (Wildman–Crippen MR) is 130 cm³/mol. The molecule has 3 rings (SSSR count). The third-order valence-electron chi connectivity index (χ3n) is 5.85. The fraction of sp³-hybridized carbons (Fsp3) is 0.423. The van der Waals surface area contributed by atoms with Crippen molar-refractivity contribution in [2.75, 3.05) is 0 Å². The van der Waals surface area contributed by atoms with E-state index in [4.69, 9.17) is 26.8 Å². The van der Waals surface area contributed by atoms with Gasteiger partial charge in [-0.15, -0.1) is 0 Å². The van der Waals surface area contributed by atoms with Crippen LogP contribution in [-0.2, 0) is 9.53 Å². The second-order valence-corrected chi connectivity index (χ2v) is 10.1. The minimum atomic E-state index is -1.06. The summed E-state index contributed by atoms with van der Waals surface area (Å²) in [5.74, 6) is -1.43. The molecule has 0 spiro atoms. The van der Waals surface area contributed by atoms with Gasteiger partial charge in [-0.05, 0) is 69.5 Å². The Morgan fingerprint density at radius 2 is 1.83 bits per heavy atom. The lowest BCUT2D eigenvalue weighted by Gasteiger charge is -2.44. The molecule has 9 heteroatoms. The molecule has 0 unspecified atom stereocenters. The summed E-state index contributed by atoms with van der Waals surface area (Å²) in [7, 11) is 0. The Morgan fingerprint density at radius 3 is 2.43 bits per heavy atom. The number of nitrogens with one attached hydrogen (secondary N) is 1. The van der Waals surface area contributed by atoms with Gasteiger partial charge in [0.05, 0.1) is 11.1 Å². The summed E-state index contributed by atoms with van der Waals surface area (Å²) in [6.07, 6.45) is -0.564. The summed E-state index contributed by atoms with van der Waals surface area (Å²) in [4.78, 5) is 38.1. The van der Waals surface area contributed by atoms with E-state index in [0.717, 1.165) is 6.07 Å². The number of halogens is 2. The Morgan fingerprint density at radius 1 is 1.17 bits per heavy atom. The molecule has 0 bridgehead atoms. The lowest BCUT2D eigenvalue weighted by atomic mass is 9.85. The van der Waals surface area contributed by atoms with Crippen molar-refractivity contribution < 1.29 is 28.2 Å². The minimum Gasteiger partial charge on any atom is -0.484 e. The third-order valence-corrected chi connectivity index (χ3v) is 6.14. The second kappa shape index (κ2) is 10.3. The van der Waals surface area contributed by atoms with Crippen molar-refractivity contribution in [3.05, 3.63) is 63.9 Å². The van der Waals surface area contributed by atoms with Gasteiger partial charge >= 0.3 is 5.97 Å². The number of ether oxygens (including phenoxy) is 2. The SMILES string of the molecule is CC(=O)c1ccc2c(c1)[C@H](NC(=O)c1ccc(F)c(Cl)c1)[C@H](OC(=O)[C@H](N)CC(C)C)C(C)(C)O2. The Hall–Kier alpha value is -2.97. The molecule has 2 aromatic rings. The molecule has 1 aliphatic rings. The van der Waals surface area contributed by atoms with Gasteiger partial charge in [-0.2, -0.15) is 0 Å². The number of rotatable bonds is 7. The maximum absolute atomic E-state index is 13.6. The predicted octanol–water partition coefficient (Wildman–Crippen LogP) is 4.61. The molecule has 0 saturated heterocycles. The first-order chi connectivity index (χ1) is 16.3. The summed E-state index contributed by atoms with van der Waals surface area (Å²) in [5.41, 5.74) is 5.98. The molecule has 1 amide bonds. The smallest absolute Gasteiger partial charge is 0.323 e. The Labute approximate surface area is 209 Å². The molecule has 1 heterocycles. The molecule has 0 aliphatic carbocycles. The Bertz CT molecular complexity index is 1150. The van der Waals surface area contributed by atoms with E-state index in [0.29, 0.717) is 23.3 Å². The average molecular weight is 505 g/mol. The van der Waals surface area contributed by atoms with Crippen LogP contribution in [0.2, 0.25) is 5.02 Å². The van der Waals surface area contributed by atoms with E-state index >= 15 is 0 Å². The first-order valence-electron chi connectivity index (χ1n) is 11.4. The van der Waals surface area contributed by atoms with Crippen LogP contribution >= 0.6 is 11.6 Å². The van der Waals surface area contributed by atoms with Gasteiger partial charge < -0.3 is 20.5 Å². The molecule has 3 atom stereocenters. The number of nitrogens with two attached hydrogens (primary N) is 1. The van der Waals surface area contributed by atoms with Crippen LogP contribution in [0.1, 0.15) is 73.4 Å². The summed E-state index contributed by atoms with van der Waals surface area (Å²) >= 11 is 5.86. The highest BCUT2D eigenvalue weighted by atomic mass is 35.5. The number of carbonyl (C=O) groups is 3. The summed E-state index contributed by atoms with van der Waals surface area (Å²) < 4.78 is 25.6. The highest BCUT2D eigenvalue weighted by Crippen LogP contribution is 2.42. The zero-order valence-corrected chi connectivity index (χ0v) is 21.1. The quantitative estimate of drug-likeness (QED) is 0.421. The second-order valence-electron chi connectivity index (χ2n) is 9.69. The molecule has 188 valence electrons. The number of Topliss-reactive ketones (excluding diaryl/α,β-unsaturated/α-hetero) is 1. The fourth-order valence-corrected chi connectivity index (χ4v) is 4.23. The van der Waals surface area contributed by atoms with Crippen molar-refractivity contribution >= 4 is 29.3 Å². The van der Waals surface area contributed by atoms with E-state index < -0.39 is 41.5 Å². The molecular weight excluding hydrogens is 475 g/mol. The van der Waals surface area contributed by atoms with Gasteiger partial charge in [0, 0.05) is 16.7 Å². The van der Waals surface area contributed by atoms with Gasteiger partial charge in [-0.1, -0.05) is 25.4 Å².